The van der Waals surface area contributed by atoms with Crippen molar-refractivity contribution in [2.24, 2.45) is 0 Å². The van der Waals surface area contributed by atoms with Crippen molar-refractivity contribution in [3.63, 3.8) is 0 Å². The second kappa shape index (κ2) is 14.5. The third-order valence-corrected chi connectivity index (χ3v) is 12.7. The van der Waals surface area contributed by atoms with Crippen molar-refractivity contribution >= 4 is 82.9 Å². The average molecular weight is 820 g/mol. The standard InChI is InChI=1S/C60H37NO3/c1-3-12-38(13-4-1)40-22-24-43(25-23-40)57-58-50-17-8-10-21-54(50)62-56(58)37-52-51-36-46(34-35-55(51)64-60(52)57)61(44-30-26-41(27-31-44)39-14-5-2-6-15-39)45-32-28-42(29-33-45)47-18-11-19-49-48-16-7-9-20-53(48)63-59(47)49/h1-37H. The van der Waals surface area contributed by atoms with Gasteiger partial charge < -0.3 is 18.2 Å². The molecule has 300 valence electrons. The van der Waals surface area contributed by atoms with Crippen molar-refractivity contribution in [2.75, 3.05) is 4.90 Å². The Hall–Kier alpha value is -8.60. The van der Waals surface area contributed by atoms with E-state index in [9.17, 15) is 0 Å². The minimum atomic E-state index is 0.812. The van der Waals surface area contributed by atoms with Crippen LogP contribution < -0.4 is 4.90 Å². The molecule has 10 aromatic carbocycles. The fourth-order valence-electron chi connectivity index (χ4n) is 9.62. The van der Waals surface area contributed by atoms with E-state index in [1.165, 1.54) is 11.1 Å². The Kier molecular flexibility index (Phi) is 8.18. The molecular formula is C60H37NO3. The molecule has 4 heteroatoms. The minimum Gasteiger partial charge on any atom is -0.456 e. The molecule has 4 nitrogen and oxygen atoms in total. The van der Waals surface area contributed by atoms with Crippen LogP contribution in [0.2, 0.25) is 0 Å². The lowest BCUT2D eigenvalue weighted by molar-refractivity contribution is 0.664. The highest BCUT2D eigenvalue weighted by Crippen LogP contribution is 2.47. The predicted octanol–water partition coefficient (Wildman–Crippen LogP) is 17.5. The van der Waals surface area contributed by atoms with E-state index in [1.54, 1.807) is 0 Å². The SMILES string of the molecule is c1ccc(-c2ccc(-c3c4oc5ccc(N(c6ccc(-c7ccccc7)cc6)c6ccc(-c7cccc8c7oc7ccccc78)cc6)cc5c4cc4oc5ccccc5c34)cc2)cc1. The summed E-state index contributed by atoms with van der Waals surface area (Å²) in [6.07, 6.45) is 0. The maximum atomic E-state index is 6.94. The largest absolute Gasteiger partial charge is 0.456 e. The third-order valence-electron chi connectivity index (χ3n) is 12.7. The molecule has 0 amide bonds. The monoisotopic (exact) mass is 819 g/mol. The van der Waals surface area contributed by atoms with Crippen LogP contribution in [0.3, 0.4) is 0 Å². The lowest BCUT2D eigenvalue weighted by atomic mass is 9.95. The van der Waals surface area contributed by atoms with Crippen molar-refractivity contribution < 1.29 is 13.3 Å². The Morgan fingerprint density at radius 2 is 0.766 bits per heavy atom. The Balaban J connectivity index is 0.978. The molecule has 0 aliphatic carbocycles. The van der Waals surface area contributed by atoms with Gasteiger partial charge in [0, 0.05) is 60.5 Å². The first-order valence-corrected chi connectivity index (χ1v) is 21.6. The molecule has 0 saturated carbocycles. The summed E-state index contributed by atoms with van der Waals surface area (Å²) in [7, 11) is 0. The fraction of sp³-hybridized carbons (Fsp3) is 0. The van der Waals surface area contributed by atoms with Crippen LogP contribution in [0.5, 0.6) is 0 Å². The lowest BCUT2D eigenvalue weighted by Crippen LogP contribution is -2.09. The molecule has 0 bridgehead atoms. The maximum Gasteiger partial charge on any atom is 0.144 e. The molecule has 0 fully saturated rings. The van der Waals surface area contributed by atoms with E-state index in [-0.39, 0.29) is 0 Å². The van der Waals surface area contributed by atoms with Gasteiger partial charge in [-0.2, -0.15) is 0 Å². The summed E-state index contributed by atoms with van der Waals surface area (Å²) < 4.78 is 20.0. The molecule has 64 heavy (non-hydrogen) atoms. The van der Waals surface area contributed by atoms with Gasteiger partial charge >= 0.3 is 0 Å². The predicted molar refractivity (Wildman–Crippen MR) is 265 cm³/mol. The van der Waals surface area contributed by atoms with Gasteiger partial charge in [0.05, 0.1) is 0 Å². The minimum absolute atomic E-state index is 0.812. The number of hydrogen-bond donors (Lipinski definition) is 0. The van der Waals surface area contributed by atoms with Gasteiger partial charge in [-0.25, -0.2) is 0 Å². The van der Waals surface area contributed by atoms with E-state index in [0.29, 0.717) is 0 Å². The van der Waals surface area contributed by atoms with Crippen LogP contribution in [-0.4, -0.2) is 0 Å². The van der Waals surface area contributed by atoms with Gasteiger partial charge in [-0.15, -0.1) is 0 Å². The molecule has 0 saturated heterocycles. The summed E-state index contributed by atoms with van der Waals surface area (Å²) >= 11 is 0. The summed E-state index contributed by atoms with van der Waals surface area (Å²) in [5, 5.41) is 6.36. The molecule has 0 radical (unpaired) electrons. The molecule has 13 aromatic rings. The summed E-state index contributed by atoms with van der Waals surface area (Å²) in [4.78, 5) is 2.32. The molecule has 13 rings (SSSR count). The van der Waals surface area contributed by atoms with Crippen molar-refractivity contribution in [2.45, 2.75) is 0 Å². The first kappa shape index (κ1) is 36.1. The number of fused-ring (bicyclic) bond motifs is 9. The van der Waals surface area contributed by atoms with Gasteiger partial charge in [0.1, 0.15) is 33.5 Å². The second-order valence-electron chi connectivity index (χ2n) is 16.4. The Morgan fingerprint density at radius 3 is 1.45 bits per heavy atom. The smallest absolute Gasteiger partial charge is 0.144 e. The number of para-hydroxylation sites is 3. The van der Waals surface area contributed by atoms with Crippen molar-refractivity contribution in [3.05, 3.63) is 224 Å². The first-order chi connectivity index (χ1) is 31.7. The topological polar surface area (TPSA) is 42.7 Å². The quantitative estimate of drug-likeness (QED) is 0.161. The van der Waals surface area contributed by atoms with Gasteiger partial charge in [0.15, 0.2) is 0 Å². The van der Waals surface area contributed by atoms with E-state index < -0.39 is 0 Å². The van der Waals surface area contributed by atoms with E-state index in [1.807, 2.05) is 30.3 Å². The van der Waals surface area contributed by atoms with E-state index >= 15 is 0 Å². The summed E-state index contributed by atoms with van der Waals surface area (Å²) in [6.45, 7) is 0. The van der Waals surface area contributed by atoms with Crippen molar-refractivity contribution in [3.8, 4) is 44.5 Å². The number of nitrogens with zero attached hydrogens (tertiary/aromatic N) is 1. The molecule has 0 atom stereocenters. The zero-order valence-corrected chi connectivity index (χ0v) is 34.5. The normalized spacial score (nSPS) is 11.8. The number of rotatable bonds is 7. The van der Waals surface area contributed by atoms with E-state index in [2.05, 4.69) is 199 Å². The second-order valence-corrected chi connectivity index (χ2v) is 16.4. The van der Waals surface area contributed by atoms with Gasteiger partial charge in [-0.05, 0) is 94.0 Å². The van der Waals surface area contributed by atoms with Gasteiger partial charge in [-0.3, -0.25) is 0 Å². The zero-order valence-electron chi connectivity index (χ0n) is 34.5. The Labute approximate surface area is 368 Å². The molecular weight excluding hydrogens is 783 g/mol. The molecule has 0 unspecified atom stereocenters. The number of furan rings is 3. The zero-order chi connectivity index (χ0) is 42.1. The van der Waals surface area contributed by atoms with E-state index in [4.69, 9.17) is 13.3 Å². The summed E-state index contributed by atoms with van der Waals surface area (Å²) in [5.74, 6) is 0. The number of anilines is 3. The van der Waals surface area contributed by atoms with Crippen LogP contribution in [0.25, 0.3) is 110 Å². The third kappa shape index (κ3) is 5.84. The average Bonchev–Trinajstić information content (AvgIpc) is 4.06. The van der Waals surface area contributed by atoms with Gasteiger partial charge in [0.25, 0.3) is 0 Å². The highest BCUT2D eigenvalue weighted by molar-refractivity contribution is 6.24. The molecule has 0 spiro atoms. The molecule has 3 heterocycles. The molecule has 0 aliphatic heterocycles. The summed E-state index contributed by atoms with van der Waals surface area (Å²) in [6, 6.07) is 79.0. The number of hydrogen-bond acceptors (Lipinski definition) is 4. The number of benzene rings is 10. The van der Waals surface area contributed by atoms with Crippen LogP contribution in [0.15, 0.2) is 238 Å². The highest BCUT2D eigenvalue weighted by atomic mass is 16.3. The van der Waals surface area contributed by atoms with Crippen molar-refractivity contribution in [1.82, 2.24) is 0 Å². The van der Waals surface area contributed by atoms with Gasteiger partial charge in [-0.1, -0.05) is 164 Å². The molecule has 3 aromatic heterocycles. The van der Waals surface area contributed by atoms with Crippen molar-refractivity contribution in [1.29, 1.82) is 0 Å². The fourth-order valence-corrected chi connectivity index (χ4v) is 9.62. The highest BCUT2D eigenvalue weighted by Gasteiger charge is 2.23. The molecule has 0 N–H and O–H groups in total. The Morgan fingerprint density at radius 1 is 0.266 bits per heavy atom. The van der Waals surface area contributed by atoms with Crippen LogP contribution >= 0.6 is 0 Å². The van der Waals surface area contributed by atoms with Crippen LogP contribution in [-0.2, 0) is 0 Å². The van der Waals surface area contributed by atoms with Crippen LogP contribution in [0, 0.1) is 0 Å². The summed E-state index contributed by atoms with van der Waals surface area (Å²) in [5.41, 5.74) is 17.1. The van der Waals surface area contributed by atoms with Crippen LogP contribution in [0.4, 0.5) is 17.1 Å². The first-order valence-electron chi connectivity index (χ1n) is 21.6. The Bertz CT molecular complexity index is 3860. The lowest BCUT2D eigenvalue weighted by Gasteiger charge is -2.26. The van der Waals surface area contributed by atoms with Crippen LogP contribution in [0.1, 0.15) is 0 Å². The molecule has 0 aliphatic rings. The van der Waals surface area contributed by atoms with Gasteiger partial charge in [0.2, 0.25) is 0 Å². The maximum absolute atomic E-state index is 6.94. The van der Waals surface area contributed by atoms with E-state index in [0.717, 1.165) is 116 Å².